The third kappa shape index (κ3) is 7.96. The van der Waals surface area contributed by atoms with Crippen molar-refractivity contribution in [1.29, 1.82) is 0 Å². The van der Waals surface area contributed by atoms with Crippen LogP contribution in [0.4, 0.5) is 0 Å². The highest BCUT2D eigenvalue weighted by atomic mass is 16.5. The molecule has 2 rings (SSSR count). The maximum atomic E-state index is 11.9. The highest BCUT2D eigenvalue weighted by Crippen LogP contribution is 2.34. The molecular formula is C26H28O7. The number of ether oxygens (including phenoxy) is 4. The molecule has 1 unspecified atom stereocenters. The average Bonchev–Trinajstić information content (AvgIpc) is 2.80. The van der Waals surface area contributed by atoms with E-state index in [1.54, 1.807) is 50.3 Å². The van der Waals surface area contributed by atoms with Crippen molar-refractivity contribution < 1.29 is 33.3 Å². The van der Waals surface area contributed by atoms with Crippen LogP contribution in [0.2, 0.25) is 0 Å². The van der Waals surface area contributed by atoms with Gasteiger partial charge < -0.3 is 18.9 Å². The molecule has 0 saturated heterocycles. The summed E-state index contributed by atoms with van der Waals surface area (Å²) in [5, 5.41) is 0. The first-order valence-corrected chi connectivity index (χ1v) is 10.5. The molecule has 33 heavy (non-hydrogen) atoms. The fourth-order valence-corrected chi connectivity index (χ4v) is 3.12. The maximum Gasteiger partial charge on any atom is 0.330 e. The SMILES string of the molecule is CCOC(=O)/C=C/c1cc(/C=C/C(=O)OCC)cc(C(OC(C)=O)c2ccccc2OC)c1. The van der Waals surface area contributed by atoms with Crippen LogP contribution in [0.5, 0.6) is 5.75 Å². The zero-order valence-corrected chi connectivity index (χ0v) is 19.2. The van der Waals surface area contributed by atoms with Gasteiger partial charge in [0.15, 0.2) is 6.10 Å². The molecular weight excluding hydrogens is 424 g/mol. The summed E-state index contributed by atoms with van der Waals surface area (Å²) >= 11 is 0. The van der Waals surface area contributed by atoms with Crippen LogP contribution in [0, 0.1) is 0 Å². The Morgan fingerprint density at radius 2 is 1.42 bits per heavy atom. The first kappa shape index (κ1) is 25.4. The molecule has 0 bridgehead atoms. The number of benzene rings is 2. The Hall–Kier alpha value is -3.87. The second-order valence-corrected chi connectivity index (χ2v) is 6.84. The number of rotatable bonds is 10. The molecule has 2 aromatic rings. The zero-order valence-electron chi connectivity index (χ0n) is 19.2. The summed E-state index contributed by atoms with van der Waals surface area (Å²) in [7, 11) is 1.54. The Balaban J connectivity index is 2.59. The Morgan fingerprint density at radius 1 is 0.879 bits per heavy atom. The van der Waals surface area contributed by atoms with E-state index in [0.717, 1.165) is 0 Å². The van der Waals surface area contributed by atoms with E-state index in [2.05, 4.69) is 0 Å². The van der Waals surface area contributed by atoms with Gasteiger partial charge in [-0.15, -0.1) is 0 Å². The summed E-state index contributed by atoms with van der Waals surface area (Å²) < 4.78 is 21.0. The third-order valence-electron chi connectivity index (χ3n) is 4.40. The Bertz CT molecular complexity index is 990. The summed E-state index contributed by atoms with van der Waals surface area (Å²) in [5.41, 5.74) is 2.58. The standard InChI is InChI=1S/C26H28O7/c1-5-31-24(28)13-11-19-15-20(12-14-25(29)32-6-2)17-21(16-19)26(33-18(3)27)22-9-7-8-10-23(22)30-4/h7-17,26H,5-6H2,1-4H3/b13-11+,14-12+. The van der Waals surface area contributed by atoms with Gasteiger partial charge in [-0.1, -0.05) is 18.2 Å². The zero-order chi connectivity index (χ0) is 24.2. The summed E-state index contributed by atoms with van der Waals surface area (Å²) in [6.45, 7) is 5.30. The van der Waals surface area contributed by atoms with Gasteiger partial charge in [-0.25, -0.2) is 9.59 Å². The molecule has 7 nitrogen and oxygen atoms in total. The van der Waals surface area contributed by atoms with Crippen LogP contribution in [-0.4, -0.2) is 38.2 Å². The third-order valence-corrected chi connectivity index (χ3v) is 4.40. The molecule has 0 heterocycles. The van der Waals surface area contributed by atoms with E-state index < -0.39 is 24.0 Å². The van der Waals surface area contributed by atoms with Crippen molar-refractivity contribution in [3.05, 3.63) is 76.9 Å². The Kier molecular flexibility index (Phi) is 9.89. The van der Waals surface area contributed by atoms with Crippen molar-refractivity contribution in [3.63, 3.8) is 0 Å². The second kappa shape index (κ2) is 12.9. The Labute approximate surface area is 193 Å². The van der Waals surface area contributed by atoms with Crippen LogP contribution in [0.15, 0.2) is 54.6 Å². The molecule has 1 atom stereocenters. The average molecular weight is 453 g/mol. The van der Waals surface area contributed by atoms with Gasteiger partial charge in [-0.2, -0.15) is 0 Å². The molecule has 0 fully saturated rings. The van der Waals surface area contributed by atoms with Gasteiger partial charge in [0.2, 0.25) is 0 Å². The van der Waals surface area contributed by atoms with Crippen molar-refractivity contribution in [3.8, 4) is 5.75 Å². The van der Waals surface area contributed by atoms with Gasteiger partial charge in [-0.05, 0) is 67.0 Å². The number of hydrogen-bond donors (Lipinski definition) is 0. The quantitative estimate of drug-likeness (QED) is 0.298. The lowest BCUT2D eigenvalue weighted by Crippen LogP contribution is -2.12. The fourth-order valence-electron chi connectivity index (χ4n) is 3.12. The van der Waals surface area contributed by atoms with E-state index in [1.165, 1.54) is 26.2 Å². The summed E-state index contributed by atoms with van der Waals surface area (Å²) in [6, 6.07) is 12.6. The molecule has 0 N–H and O–H groups in total. The number of para-hydroxylation sites is 1. The van der Waals surface area contributed by atoms with Crippen LogP contribution in [0.25, 0.3) is 12.2 Å². The van der Waals surface area contributed by atoms with Crippen molar-refractivity contribution in [2.75, 3.05) is 20.3 Å². The van der Waals surface area contributed by atoms with Gasteiger partial charge in [0, 0.05) is 24.6 Å². The lowest BCUT2D eigenvalue weighted by atomic mass is 9.96. The maximum absolute atomic E-state index is 11.9. The largest absolute Gasteiger partial charge is 0.496 e. The van der Waals surface area contributed by atoms with Crippen molar-refractivity contribution >= 4 is 30.1 Å². The topological polar surface area (TPSA) is 88.1 Å². The van der Waals surface area contributed by atoms with E-state index in [9.17, 15) is 14.4 Å². The Morgan fingerprint density at radius 3 is 1.91 bits per heavy atom. The highest BCUT2D eigenvalue weighted by Gasteiger charge is 2.22. The summed E-state index contributed by atoms with van der Waals surface area (Å²) in [5.74, 6) is -0.873. The fraction of sp³-hybridized carbons (Fsp3) is 0.269. The smallest absolute Gasteiger partial charge is 0.330 e. The first-order chi connectivity index (χ1) is 15.9. The minimum atomic E-state index is -0.774. The van der Waals surface area contributed by atoms with Gasteiger partial charge in [-0.3, -0.25) is 4.79 Å². The minimum absolute atomic E-state index is 0.263. The highest BCUT2D eigenvalue weighted by molar-refractivity contribution is 5.88. The monoisotopic (exact) mass is 452 g/mol. The number of esters is 3. The van der Waals surface area contributed by atoms with Gasteiger partial charge in [0.25, 0.3) is 0 Å². The minimum Gasteiger partial charge on any atom is -0.496 e. The van der Waals surface area contributed by atoms with Crippen molar-refractivity contribution in [2.45, 2.75) is 26.9 Å². The second-order valence-electron chi connectivity index (χ2n) is 6.84. The van der Waals surface area contributed by atoms with Crippen molar-refractivity contribution in [1.82, 2.24) is 0 Å². The first-order valence-electron chi connectivity index (χ1n) is 10.5. The van der Waals surface area contributed by atoms with Crippen molar-refractivity contribution in [2.24, 2.45) is 0 Å². The molecule has 0 saturated carbocycles. The predicted octanol–water partition coefficient (Wildman–Crippen LogP) is 4.50. The van der Waals surface area contributed by atoms with Gasteiger partial charge in [0.1, 0.15) is 5.75 Å². The van der Waals surface area contributed by atoms with Crippen LogP contribution >= 0.6 is 0 Å². The van der Waals surface area contributed by atoms with E-state index >= 15 is 0 Å². The van der Waals surface area contributed by atoms with E-state index in [0.29, 0.717) is 28.0 Å². The number of hydrogen-bond acceptors (Lipinski definition) is 7. The lowest BCUT2D eigenvalue weighted by molar-refractivity contribution is -0.145. The van der Waals surface area contributed by atoms with E-state index in [4.69, 9.17) is 18.9 Å². The lowest BCUT2D eigenvalue weighted by Gasteiger charge is -2.21. The molecule has 7 heteroatoms. The van der Waals surface area contributed by atoms with Crippen LogP contribution in [0.3, 0.4) is 0 Å². The van der Waals surface area contributed by atoms with Crippen LogP contribution in [0.1, 0.15) is 49.1 Å². The summed E-state index contributed by atoms with van der Waals surface area (Å²) in [6.07, 6.45) is 5.04. The molecule has 174 valence electrons. The molecule has 2 aromatic carbocycles. The van der Waals surface area contributed by atoms with E-state index in [1.807, 2.05) is 18.2 Å². The number of methoxy groups -OCH3 is 1. The number of carbonyl (C=O) groups is 3. The molecule has 0 amide bonds. The van der Waals surface area contributed by atoms with Crippen LogP contribution in [-0.2, 0) is 28.6 Å². The predicted molar refractivity (Wildman–Crippen MR) is 124 cm³/mol. The summed E-state index contributed by atoms with van der Waals surface area (Å²) in [4.78, 5) is 35.5. The molecule has 0 aromatic heterocycles. The molecule has 0 aliphatic heterocycles. The number of carbonyl (C=O) groups excluding carboxylic acids is 3. The van der Waals surface area contributed by atoms with Gasteiger partial charge >= 0.3 is 17.9 Å². The van der Waals surface area contributed by atoms with E-state index in [-0.39, 0.29) is 13.2 Å². The molecule has 0 spiro atoms. The van der Waals surface area contributed by atoms with Crippen LogP contribution < -0.4 is 4.74 Å². The van der Waals surface area contributed by atoms with Gasteiger partial charge in [0.05, 0.1) is 20.3 Å². The normalized spacial score (nSPS) is 11.9. The molecule has 0 radical (unpaired) electrons. The molecule has 0 aliphatic carbocycles. The molecule has 0 aliphatic rings.